The van der Waals surface area contributed by atoms with Crippen molar-refractivity contribution >= 4 is 19.8 Å². The fraction of sp³-hybridized carbons (Fsp3) is 0.308. The van der Waals surface area contributed by atoms with Gasteiger partial charge in [0.25, 0.3) is 0 Å². The summed E-state index contributed by atoms with van der Waals surface area (Å²) in [7, 11) is -0.880. The van der Waals surface area contributed by atoms with Crippen LogP contribution in [0.25, 0.3) is 10.8 Å². The Morgan fingerprint density at radius 1 is 1.11 bits per heavy atom. The monoisotopic (exact) mass is 378 g/mol. The van der Waals surface area contributed by atoms with E-state index in [0.717, 1.165) is 0 Å². The summed E-state index contributed by atoms with van der Waals surface area (Å²) in [5.74, 6) is 0. The Labute approximate surface area is 143 Å². The minimum absolute atomic E-state index is 0. The van der Waals surface area contributed by atoms with Crippen LogP contribution in [0.3, 0.4) is 0 Å². The molecule has 0 bridgehead atoms. The molecule has 2 aromatic carbocycles. The molecule has 2 rings (SSSR count). The normalized spacial score (nSPS) is 8.56. The zero-order valence-corrected chi connectivity index (χ0v) is 16.1. The molecule has 0 aliphatic carbocycles. The summed E-state index contributed by atoms with van der Waals surface area (Å²) >= 11 is 0. The van der Waals surface area contributed by atoms with Gasteiger partial charge >= 0.3 is 26.2 Å². The minimum Gasteiger partial charge on any atom is -1.00 e. The molecule has 0 saturated heterocycles. The maximum atomic E-state index is 8.16. The van der Waals surface area contributed by atoms with Gasteiger partial charge in [0, 0.05) is 0 Å². The quantitative estimate of drug-likeness (QED) is 0.393. The van der Waals surface area contributed by atoms with Crippen molar-refractivity contribution < 1.29 is 55.8 Å². The van der Waals surface area contributed by atoms with Gasteiger partial charge in [-0.3, -0.25) is 0 Å². The molecule has 0 fully saturated rings. The van der Waals surface area contributed by atoms with E-state index in [1.807, 2.05) is 13.1 Å². The SMILES string of the molecule is C[Si](C)O.Cc1cc2c(C)cccc2[cH-]1.[Cl-].[Cl-].[Zr+3]. The summed E-state index contributed by atoms with van der Waals surface area (Å²) in [6.07, 6.45) is 0. The number of rotatable bonds is 0. The first-order valence-electron chi connectivity index (χ1n) is 5.12. The molecule has 0 atom stereocenters. The van der Waals surface area contributed by atoms with Crippen LogP contribution in [0.2, 0.25) is 13.1 Å². The van der Waals surface area contributed by atoms with Crippen molar-refractivity contribution in [2.75, 3.05) is 0 Å². The van der Waals surface area contributed by atoms with Crippen molar-refractivity contribution in [3.8, 4) is 0 Å². The van der Waals surface area contributed by atoms with Crippen LogP contribution in [0.1, 0.15) is 11.1 Å². The van der Waals surface area contributed by atoms with E-state index in [0.29, 0.717) is 0 Å². The van der Waals surface area contributed by atoms with Crippen LogP contribution in [0.15, 0.2) is 30.3 Å². The van der Waals surface area contributed by atoms with E-state index >= 15 is 0 Å². The molecule has 5 heteroatoms. The van der Waals surface area contributed by atoms with Crippen molar-refractivity contribution in [1.29, 1.82) is 0 Å². The Morgan fingerprint density at radius 2 is 1.61 bits per heavy atom. The van der Waals surface area contributed by atoms with E-state index in [9.17, 15) is 0 Å². The van der Waals surface area contributed by atoms with Crippen molar-refractivity contribution in [2.24, 2.45) is 0 Å². The fourth-order valence-corrected chi connectivity index (χ4v) is 1.54. The molecular formula is C13H18Cl2OSiZr. The maximum absolute atomic E-state index is 8.16. The van der Waals surface area contributed by atoms with E-state index < -0.39 is 9.04 Å². The van der Waals surface area contributed by atoms with Gasteiger partial charge in [-0.1, -0.05) is 18.6 Å². The predicted octanol–water partition coefficient (Wildman–Crippen LogP) is -2.59. The topological polar surface area (TPSA) is 20.2 Å². The number of fused-ring (bicyclic) bond motifs is 1. The van der Waals surface area contributed by atoms with Gasteiger partial charge in [0.1, 0.15) is 0 Å². The molecule has 0 aromatic heterocycles. The van der Waals surface area contributed by atoms with Crippen LogP contribution >= 0.6 is 0 Å². The zero-order valence-electron chi connectivity index (χ0n) is 11.1. The molecule has 0 saturated carbocycles. The van der Waals surface area contributed by atoms with E-state index in [2.05, 4.69) is 44.2 Å². The second kappa shape index (κ2) is 11.3. The summed E-state index contributed by atoms with van der Waals surface area (Å²) in [6, 6.07) is 10.9. The first kappa shape index (κ1) is 23.6. The largest absolute Gasteiger partial charge is 3.00 e. The third-order valence-corrected chi connectivity index (χ3v) is 2.11. The Kier molecular flexibility index (Phi) is 14.8. The van der Waals surface area contributed by atoms with Gasteiger partial charge in [-0.15, -0.1) is 34.5 Å². The zero-order chi connectivity index (χ0) is 11.4. The second-order valence-corrected chi connectivity index (χ2v) is 5.95. The third-order valence-electron chi connectivity index (χ3n) is 2.11. The van der Waals surface area contributed by atoms with E-state index in [1.165, 1.54) is 21.9 Å². The van der Waals surface area contributed by atoms with Gasteiger partial charge in [-0.2, -0.15) is 6.07 Å². The Hall–Kier alpha value is 0.470. The molecule has 2 radical (unpaired) electrons. The van der Waals surface area contributed by atoms with Crippen molar-refractivity contribution in [1.82, 2.24) is 0 Å². The van der Waals surface area contributed by atoms with Crippen molar-refractivity contribution in [2.45, 2.75) is 26.9 Å². The van der Waals surface area contributed by atoms with Crippen LogP contribution in [-0.2, 0) is 26.2 Å². The van der Waals surface area contributed by atoms with Gasteiger partial charge in [0.15, 0.2) is 9.04 Å². The van der Waals surface area contributed by atoms with Gasteiger partial charge in [0.2, 0.25) is 0 Å². The first-order valence-corrected chi connectivity index (χ1v) is 7.57. The predicted molar refractivity (Wildman–Crippen MR) is 68.7 cm³/mol. The molecule has 0 heterocycles. The number of aryl methyl sites for hydroxylation is 2. The Morgan fingerprint density at radius 3 is 2.06 bits per heavy atom. The molecule has 98 valence electrons. The summed E-state index contributed by atoms with van der Waals surface area (Å²) in [5.41, 5.74) is 2.73. The first-order chi connectivity index (χ1) is 7.00. The average Bonchev–Trinajstić information content (AvgIpc) is 2.46. The molecule has 0 aliphatic rings. The molecule has 0 spiro atoms. The summed E-state index contributed by atoms with van der Waals surface area (Å²) in [6.45, 7) is 7.94. The smallest absolute Gasteiger partial charge is 1.00 e. The molecule has 0 aliphatic heterocycles. The van der Waals surface area contributed by atoms with Gasteiger partial charge in [-0.05, 0) is 20.0 Å². The van der Waals surface area contributed by atoms with Gasteiger partial charge in [0.05, 0.1) is 0 Å². The number of hydrogen-bond donors (Lipinski definition) is 1. The Balaban J connectivity index is -0.000000289. The van der Waals surface area contributed by atoms with Crippen LogP contribution in [-0.4, -0.2) is 13.8 Å². The molecule has 18 heavy (non-hydrogen) atoms. The molecule has 0 unspecified atom stereocenters. The number of hydrogen-bond acceptors (Lipinski definition) is 1. The van der Waals surface area contributed by atoms with Crippen LogP contribution in [0.4, 0.5) is 0 Å². The van der Waals surface area contributed by atoms with Gasteiger partial charge < -0.3 is 29.6 Å². The van der Waals surface area contributed by atoms with Crippen molar-refractivity contribution in [3.05, 3.63) is 41.5 Å². The summed E-state index contributed by atoms with van der Waals surface area (Å²) in [5, 5.41) is 2.76. The van der Waals surface area contributed by atoms with E-state index in [1.54, 1.807) is 0 Å². The number of halogens is 2. The standard InChI is InChI=1S/C11H11.C2H7OSi.2ClH.Zr/c1-8-6-10-5-3-4-9(2)11(10)7-8;1-4(2)3;;;/h3-7H,1-2H3;3H,1-2H3;2*1H;/q-1;;;;+3/p-2. The van der Waals surface area contributed by atoms with E-state index in [4.69, 9.17) is 4.80 Å². The van der Waals surface area contributed by atoms with E-state index in [-0.39, 0.29) is 51.0 Å². The van der Waals surface area contributed by atoms with Gasteiger partial charge in [-0.25, -0.2) is 0 Å². The summed E-state index contributed by atoms with van der Waals surface area (Å²) in [4.78, 5) is 8.16. The molecule has 1 N–H and O–H groups in total. The molecule has 2 aromatic rings. The minimum atomic E-state index is -0.880. The third kappa shape index (κ3) is 7.81. The molecule has 1 nitrogen and oxygen atoms in total. The molecule has 0 amide bonds. The van der Waals surface area contributed by atoms with Crippen LogP contribution in [0.5, 0.6) is 0 Å². The Bertz CT molecular complexity index is 441. The van der Waals surface area contributed by atoms with Crippen molar-refractivity contribution in [3.63, 3.8) is 0 Å². The van der Waals surface area contributed by atoms with Crippen LogP contribution < -0.4 is 24.8 Å². The number of benzene rings is 1. The van der Waals surface area contributed by atoms with Crippen LogP contribution in [0, 0.1) is 13.8 Å². The summed E-state index contributed by atoms with van der Waals surface area (Å²) < 4.78 is 0. The maximum Gasteiger partial charge on any atom is 3.00 e. The second-order valence-electron chi connectivity index (χ2n) is 4.06. The average molecular weight is 381 g/mol. The fourth-order valence-electron chi connectivity index (χ4n) is 1.54. The molecular weight excluding hydrogens is 362 g/mol.